The van der Waals surface area contributed by atoms with Gasteiger partial charge in [0.15, 0.2) is 5.69 Å². The highest BCUT2D eigenvalue weighted by molar-refractivity contribution is 6.34. The van der Waals surface area contributed by atoms with Crippen molar-refractivity contribution in [2.75, 3.05) is 5.32 Å². The smallest absolute Gasteiger partial charge is 0.280 e. The maximum atomic E-state index is 12.5. The number of non-ortho nitro benzene ring substituents is 1. The molecule has 0 bridgehead atoms. The van der Waals surface area contributed by atoms with Crippen molar-refractivity contribution in [1.82, 2.24) is 9.78 Å². The molecule has 0 aliphatic carbocycles. The summed E-state index contributed by atoms with van der Waals surface area (Å²) in [5, 5.41) is 17.3. The van der Waals surface area contributed by atoms with Gasteiger partial charge in [0.2, 0.25) is 5.43 Å². The Kier molecular flexibility index (Phi) is 5.51. The normalized spacial score (nSPS) is 10.5. The van der Waals surface area contributed by atoms with Crippen molar-refractivity contribution >= 4 is 28.9 Å². The summed E-state index contributed by atoms with van der Waals surface area (Å²) >= 11 is 5.98. The zero-order chi connectivity index (χ0) is 20.3. The molecule has 1 amide bonds. The molecule has 8 nitrogen and oxygen atoms in total. The molecule has 0 fully saturated rings. The fourth-order valence-electron chi connectivity index (χ4n) is 2.49. The monoisotopic (exact) mass is 398 g/mol. The number of carbonyl (C=O) groups is 1. The van der Waals surface area contributed by atoms with Crippen LogP contribution in [-0.4, -0.2) is 20.6 Å². The van der Waals surface area contributed by atoms with Crippen LogP contribution in [0, 0.1) is 10.1 Å². The number of carbonyl (C=O) groups excluding carboxylic acids is 1. The maximum absolute atomic E-state index is 12.5. The van der Waals surface area contributed by atoms with E-state index in [1.54, 1.807) is 0 Å². The van der Waals surface area contributed by atoms with Crippen molar-refractivity contribution in [3.63, 3.8) is 0 Å². The molecule has 0 unspecified atom stereocenters. The summed E-state index contributed by atoms with van der Waals surface area (Å²) in [7, 11) is 0. The van der Waals surface area contributed by atoms with Crippen molar-refractivity contribution in [3.05, 3.63) is 91.3 Å². The van der Waals surface area contributed by atoms with Gasteiger partial charge in [-0.3, -0.25) is 19.7 Å². The van der Waals surface area contributed by atoms with E-state index in [0.717, 1.165) is 18.1 Å². The Hall–Kier alpha value is -3.52. The van der Waals surface area contributed by atoms with Gasteiger partial charge < -0.3 is 5.32 Å². The summed E-state index contributed by atoms with van der Waals surface area (Å²) in [6, 6.07) is 12.4. The number of halogens is 1. The molecule has 1 heterocycles. The first kappa shape index (κ1) is 19.2. The van der Waals surface area contributed by atoms with Gasteiger partial charge in [-0.15, -0.1) is 0 Å². The molecule has 28 heavy (non-hydrogen) atoms. The molecule has 2 aromatic carbocycles. The molecule has 0 aliphatic heterocycles. The number of benzene rings is 2. The minimum absolute atomic E-state index is 0.0195. The van der Waals surface area contributed by atoms with E-state index in [1.165, 1.54) is 29.1 Å². The van der Waals surface area contributed by atoms with E-state index in [2.05, 4.69) is 10.4 Å². The highest BCUT2D eigenvalue weighted by Gasteiger charge is 2.17. The van der Waals surface area contributed by atoms with Crippen LogP contribution < -0.4 is 10.7 Å². The number of anilines is 1. The summed E-state index contributed by atoms with van der Waals surface area (Å²) in [5.41, 5.74) is 0.892. The third-order valence-electron chi connectivity index (χ3n) is 4.04. The largest absolute Gasteiger partial charge is 0.319 e. The summed E-state index contributed by atoms with van der Waals surface area (Å²) < 4.78 is 1.42. The second-order valence-corrected chi connectivity index (χ2v) is 6.28. The van der Waals surface area contributed by atoms with Gasteiger partial charge >= 0.3 is 0 Å². The van der Waals surface area contributed by atoms with E-state index in [4.69, 9.17) is 11.6 Å². The van der Waals surface area contributed by atoms with E-state index in [9.17, 15) is 19.7 Å². The van der Waals surface area contributed by atoms with Crippen molar-refractivity contribution in [2.45, 2.75) is 13.3 Å². The van der Waals surface area contributed by atoms with Crippen LogP contribution in [0.15, 0.2) is 59.5 Å². The molecule has 9 heteroatoms. The van der Waals surface area contributed by atoms with Crippen molar-refractivity contribution < 1.29 is 9.72 Å². The Bertz CT molecular complexity index is 1110. The average Bonchev–Trinajstić information content (AvgIpc) is 2.69. The number of nitrogens with one attached hydrogen (secondary N) is 1. The number of nitro benzene ring substituents is 1. The maximum Gasteiger partial charge on any atom is 0.280 e. The topological polar surface area (TPSA) is 107 Å². The van der Waals surface area contributed by atoms with Crippen LogP contribution in [-0.2, 0) is 6.42 Å². The number of nitrogens with zero attached hydrogens (tertiary/aromatic N) is 3. The number of hydrogen-bond acceptors (Lipinski definition) is 5. The summed E-state index contributed by atoms with van der Waals surface area (Å²) in [6.07, 6.45) is 2.36. The first-order chi connectivity index (χ1) is 13.4. The van der Waals surface area contributed by atoms with Crippen LogP contribution in [0.3, 0.4) is 0 Å². The third kappa shape index (κ3) is 4.07. The van der Waals surface area contributed by atoms with Crippen molar-refractivity contribution in [2.24, 2.45) is 0 Å². The molecule has 142 valence electrons. The van der Waals surface area contributed by atoms with Crippen molar-refractivity contribution in [3.8, 4) is 5.69 Å². The number of amides is 1. The molecule has 0 saturated carbocycles. The predicted molar refractivity (Wildman–Crippen MR) is 105 cm³/mol. The third-order valence-corrected chi connectivity index (χ3v) is 4.36. The number of aromatic nitrogens is 2. The molecule has 0 atom stereocenters. The molecular weight excluding hydrogens is 384 g/mol. The Morgan fingerprint density at radius 3 is 2.54 bits per heavy atom. The van der Waals surface area contributed by atoms with Gasteiger partial charge in [-0.25, -0.2) is 4.68 Å². The fraction of sp³-hybridized carbons (Fsp3) is 0.105. The van der Waals surface area contributed by atoms with E-state index in [1.807, 2.05) is 31.2 Å². The predicted octanol–water partition coefficient (Wildman–Crippen LogP) is 3.61. The SMILES string of the molecule is CCc1ccc(-n2ccc(=O)c(C(=O)Nc3ccc([N+](=O)[O-])cc3Cl)n2)cc1. The average molecular weight is 399 g/mol. The lowest BCUT2D eigenvalue weighted by atomic mass is 10.1. The Balaban J connectivity index is 1.89. The van der Waals surface area contributed by atoms with Crippen molar-refractivity contribution in [1.29, 1.82) is 0 Å². The van der Waals surface area contributed by atoms with Gasteiger partial charge in [0.1, 0.15) is 0 Å². The summed E-state index contributed by atoms with van der Waals surface area (Å²) in [5.74, 6) is -0.764. The molecule has 0 radical (unpaired) electrons. The van der Waals surface area contributed by atoms with E-state index in [0.29, 0.717) is 5.69 Å². The Morgan fingerprint density at radius 1 is 1.21 bits per heavy atom. The standard InChI is InChI=1S/C19H15ClN4O4/c1-2-12-3-5-13(6-4-12)23-10-9-17(25)18(22-23)19(26)21-16-8-7-14(24(27)28)11-15(16)20/h3-11H,2H2,1H3,(H,21,26). The highest BCUT2D eigenvalue weighted by Crippen LogP contribution is 2.26. The number of hydrogen-bond donors (Lipinski definition) is 1. The second kappa shape index (κ2) is 8.01. The highest BCUT2D eigenvalue weighted by atomic mass is 35.5. The number of aryl methyl sites for hydroxylation is 1. The molecule has 1 aromatic heterocycles. The molecular formula is C19H15ClN4O4. The zero-order valence-corrected chi connectivity index (χ0v) is 15.5. The van der Waals surface area contributed by atoms with Gasteiger partial charge in [0.05, 0.1) is 21.3 Å². The lowest BCUT2D eigenvalue weighted by Crippen LogP contribution is -2.25. The zero-order valence-electron chi connectivity index (χ0n) is 14.8. The molecule has 0 aliphatic rings. The minimum Gasteiger partial charge on any atom is -0.319 e. The fourth-order valence-corrected chi connectivity index (χ4v) is 2.72. The van der Waals surface area contributed by atoms with Crippen LogP contribution in [0.5, 0.6) is 0 Å². The Morgan fingerprint density at radius 2 is 1.93 bits per heavy atom. The van der Waals surface area contributed by atoms with E-state index >= 15 is 0 Å². The van der Waals surface area contributed by atoms with Crippen LogP contribution in [0.2, 0.25) is 5.02 Å². The van der Waals surface area contributed by atoms with Gasteiger partial charge in [-0.1, -0.05) is 30.7 Å². The number of nitro groups is 1. The molecule has 0 saturated heterocycles. The first-order valence-corrected chi connectivity index (χ1v) is 8.71. The molecule has 3 rings (SSSR count). The minimum atomic E-state index is -0.764. The first-order valence-electron chi connectivity index (χ1n) is 8.33. The van der Waals surface area contributed by atoms with Crippen LogP contribution in [0.25, 0.3) is 5.69 Å². The van der Waals surface area contributed by atoms with Gasteiger partial charge in [-0.05, 0) is 30.2 Å². The van der Waals surface area contributed by atoms with E-state index < -0.39 is 16.3 Å². The second-order valence-electron chi connectivity index (χ2n) is 5.87. The van der Waals surface area contributed by atoms with E-state index in [-0.39, 0.29) is 22.1 Å². The Labute approximate surface area is 164 Å². The molecule has 3 aromatic rings. The lowest BCUT2D eigenvalue weighted by Gasteiger charge is -2.09. The quantitative estimate of drug-likeness (QED) is 0.521. The molecule has 0 spiro atoms. The molecule has 1 N–H and O–H groups in total. The van der Waals surface area contributed by atoms with Gasteiger partial charge in [0, 0.05) is 24.4 Å². The van der Waals surface area contributed by atoms with Crippen LogP contribution >= 0.6 is 11.6 Å². The lowest BCUT2D eigenvalue weighted by molar-refractivity contribution is -0.384. The van der Waals surface area contributed by atoms with Crippen LogP contribution in [0.4, 0.5) is 11.4 Å². The van der Waals surface area contributed by atoms with Gasteiger partial charge in [-0.2, -0.15) is 5.10 Å². The van der Waals surface area contributed by atoms with Gasteiger partial charge in [0.25, 0.3) is 11.6 Å². The van der Waals surface area contributed by atoms with Crippen LogP contribution in [0.1, 0.15) is 23.0 Å². The number of rotatable bonds is 5. The summed E-state index contributed by atoms with van der Waals surface area (Å²) in [6.45, 7) is 2.04. The summed E-state index contributed by atoms with van der Waals surface area (Å²) in [4.78, 5) is 34.8.